The average molecular weight is 318 g/mol. The molecule has 0 saturated heterocycles. The van der Waals surface area contributed by atoms with Crippen molar-refractivity contribution in [3.63, 3.8) is 0 Å². The van der Waals surface area contributed by atoms with Gasteiger partial charge in [-0.25, -0.2) is 0 Å². The maximum absolute atomic E-state index is 5.93. The van der Waals surface area contributed by atoms with E-state index in [1.165, 1.54) is 24.0 Å². The van der Waals surface area contributed by atoms with Crippen LogP contribution >= 0.6 is 0 Å². The zero-order chi connectivity index (χ0) is 16.8. The molecule has 1 fully saturated rings. The maximum Gasteiger partial charge on any atom is 0.126 e. The summed E-state index contributed by atoms with van der Waals surface area (Å²) in [6.45, 7) is 8.52. The van der Waals surface area contributed by atoms with Crippen LogP contribution in [0.1, 0.15) is 31.2 Å². The van der Waals surface area contributed by atoms with Crippen LogP contribution in [0.4, 0.5) is 0 Å². The lowest BCUT2D eigenvalue weighted by atomic mass is 9.77. The van der Waals surface area contributed by atoms with Crippen LogP contribution in [0.3, 0.4) is 0 Å². The zero-order valence-corrected chi connectivity index (χ0v) is 14.3. The van der Waals surface area contributed by atoms with Crippen molar-refractivity contribution in [1.29, 1.82) is 0 Å². The summed E-state index contributed by atoms with van der Waals surface area (Å²) < 4.78 is 5.93. The summed E-state index contributed by atoms with van der Waals surface area (Å²) in [4.78, 5) is 0. The second kappa shape index (κ2) is 8.01. The van der Waals surface area contributed by atoms with Gasteiger partial charge in [-0.05, 0) is 55.7 Å². The highest BCUT2D eigenvalue weighted by Gasteiger charge is 2.25. The van der Waals surface area contributed by atoms with Gasteiger partial charge in [0.1, 0.15) is 5.75 Å². The molecule has 0 heterocycles. The Kier molecular flexibility index (Phi) is 5.53. The Morgan fingerprint density at radius 2 is 1.33 bits per heavy atom. The molecule has 1 aliphatic rings. The minimum absolute atomic E-state index is 0.464. The summed E-state index contributed by atoms with van der Waals surface area (Å²) in [5.41, 5.74) is 2.73. The van der Waals surface area contributed by atoms with Crippen molar-refractivity contribution in [2.24, 2.45) is 11.8 Å². The van der Waals surface area contributed by atoms with Crippen LogP contribution in [0.2, 0.25) is 0 Å². The third-order valence-electron chi connectivity index (χ3n) is 5.03. The summed E-state index contributed by atoms with van der Waals surface area (Å²) in [5, 5.41) is 0. The Balaban J connectivity index is 1.48. The van der Waals surface area contributed by atoms with Gasteiger partial charge in [-0.15, -0.1) is 0 Å². The van der Waals surface area contributed by atoms with Crippen molar-refractivity contribution in [2.45, 2.75) is 32.1 Å². The van der Waals surface area contributed by atoms with Crippen LogP contribution in [0.5, 0.6) is 5.75 Å². The van der Waals surface area contributed by atoms with E-state index in [1.54, 1.807) is 0 Å². The van der Waals surface area contributed by atoms with E-state index in [0.717, 1.165) is 30.8 Å². The lowest BCUT2D eigenvalue weighted by Gasteiger charge is -2.30. The number of hydrogen-bond acceptors (Lipinski definition) is 1. The maximum atomic E-state index is 5.93. The number of benzene rings is 2. The van der Waals surface area contributed by atoms with Crippen molar-refractivity contribution < 1.29 is 4.74 Å². The quantitative estimate of drug-likeness (QED) is 0.456. The monoisotopic (exact) mass is 318 g/mol. The third kappa shape index (κ3) is 4.38. The molecule has 0 amide bonds. The van der Waals surface area contributed by atoms with Crippen LogP contribution in [0.25, 0.3) is 0 Å². The second-order valence-corrected chi connectivity index (χ2v) is 6.75. The SMILES string of the molecule is C=C(Cc1ccccc1)C1CCC(C(=C)Oc2ccccc2)CC1. The van der Waals surface area contributed by atoms with Gasteiger partial charge in [0.15, 0.2) is 0 Å². The minimum Gasteiger partial charge on any atom is -0.462 e. The van der Waals surface area contributed by atoms with Crippen LogP contribution in [0, 0.1) is 11.8 Å². The highest BCUT2D eigenvalue weighted by molar-refractivity contribution is 5.24. The highest BCUT2D eigenvalue weighted by atomic mass is 16.5. The summed E-state index contributed by atoms with van der Waals surface area (Å²) in [6.07, 6.45) is 5.66. The number of para-hydroxylation sites is 1. The average Bonchev–Trinajstić information content (AvgIpc) is 2.63. The molecule has 0 radical (unpaired) electrons. The Bertz CT molecular complexity index is 602. The fraction of sp³-hybridized carbons (Fsp3) is 0.304. The molecule has 0 N–H and O–H groups in total. The van der Waals surface area contributed by atoms with Crippen LogP contribution in [-0.2, 0) is 6.42 Å². The first-order valence-electron chi connectivity index (χ1n) is 8.85. The summed E-state index contributed by atoms with van der Waals surface area (Å²) in [5.74, 6) is 2.89. The lowest BCUT2D eigenvalue weighted by Crippen LogP contribution is -2.19. The van der Waals surface area contributed by atoms with Crippen molar-refractivity contribution in [1.82, 2.24) is 0 Å². The van der Waals surface area contributed by atoms with Crippen molar-refractivity contribution in [3.05, 3.63) is 90.7 Å². The Morgan fingerprint density at radius 3 is 1.96 bits per heavy atom. The lowest BCUT2D eigenvalue weighted by molar-refractivity contribution is 0.261. The minimum atomic E-state index is 0.464. The van der Waals surface area contributed by atoms with Gasteiger partial charge < -0.3 is 4.74 Å². The van der Waals surface area contributed by atoms with E-state index in [-0.39, 0.29) is 0 Å². The Hall–Kier alpha value is -2.28. The first-order chi connectivity index (χ1) is 11.7. The molecule has 124 valence electrons. The molecule has 3 rings (SSSR count). The van der Waals surface area contributed by atoms with Gasteiger partial charge in [-0.1, -0.05) is 67.3 Å². The van der Waals surface area contributed by atoms with Gasteiger partial charge in [0.2, 0.25) is 0 Å². The molecule has 1 heteroatoms. The molecule has 0 spiro atoms. The van der Waals surface area contributed by atoms with Gasteiger partial charge >= 0.3 is 0 Å². The van der Waals surface area contributed by atoms with Crippen molar-refractivity contribution >= 4 is 0 Å². The van der Waals surface area contributed by atoms with Gasteiger partial charge in [0.25, 0.3) is 0 Å². The van der Waals surface area contributed by atoms with E-state index in [1.807, 2.05) is 30.3 Å². The first-order valence-corrected chi connectivity index (χ1v) is 8.85. The molecule has 0 aliphatic heterocycles. The highest BCUT2D eigenvalue weighted by Crippen LogP contribution is 2.37. The molecule has 2 aromatic carbocycles. The summed E-state index contributed by atoms with van der Waals surface area (Å²) >= 11 is 0. The van der Waals surface area contributed by atoms with Gasteiger partial charge in [-0.3, -0.25) is 0 Å². The molecule has 2 aromatic rings. The molecule has 1 aliphatic carbocycles. The standard InChI is InChI=1S/C23H26O/c1-18(17-20-9-5-3-6-10-20)21-13-15-22(16-14-21)19(2)24-23-11-7-4-8-12-23/h3-12,21-22H,1-2,13-17H2. The van der Waals surface area contributed by atoms with Crippen LogP contribution < -0.4 is 4.74 Å². The van der Waals surface area contributed by atoms with E-state index in [2.05, 4.69) is 43.5 Å². The van der Waals surface area contributed by atoms with Crippen LogP contribution in [0.15, 0.2) is 85.2 Å². The second-order valence-electron chi connectivity index (χ2n) is 6.75. The predicted octanol–water partition coefficient (Wildman–Crippen LogP) is 6.18. The molecule has 0 atom stereocenters. The van der Waals surface area contributed by atoms with E-state index in [9.17, 15) is 0 Å². The third-order valence-corrected chi connectivity index (χ3v) is 5.03. The van der Waals surface area contributed by atoms with E-state index in [4.69, 9.17) is 4.74 Å². The normalized spacial score (nSPS) is 20.3. The fourth-order valence-electron chi connectivity index (χ4n) is 3.55. The van der Waals surface area contributed by atoms with Crippen LogP contribution in [-0.4, -0.2) is 0 Å². The molecule has 0 unspecified atom stereocenters. The summed E-state index contributed by atoms with van der Waals surface area (Å²) in [6, 6.07) is 20.6. The number of hydrogen-bond donors (Lipinski definition) is 0. The largest absolute Gasteiger partial charge is 0.462 e. The Labute approximate surface area is 145 Å². The van der Waals surface area contributed by atoms with Gasteiger partial charge in [0, 0.05) is 5.92 Å². The fourth-order valence-corrected chi connectivity index (χ4v) is 3.55. The molecular formula is C23H26O. The Morgan fingerprint density at radius 1 is 0.792 bits per heavy atom. The smallest absolute Gasteiger partial charge is 0.126 e. The topological polar surface area (TPSA) is 9.23 Å². The van der Waals surface area contributed by atoms with E-state index < -0.39 is 0 Å². The number of allylic oxidation sites excluding steroid dienone is 2. The molecule has 1 nitrogen and oxygen atoms in total. The van der Waals surface area contributed by atoms with E-state index in [0.29, 0.717) is 11.8 Å². The molecule has 0 bridgehead atoms. The molecule has 24 heavy (non-hydrogen) atoms. The van der Waals surface area contributed by atoms with Crippen molar-refractivity contribution in [2.75, 3.05) is 0 Å². The van der Waals surface area contributed by atoms with Crippen molar-refractivity contribution in [3.8, 4) is 5.75 Å². The molecular weight excluding hydrogens is 292 g/mol. The number of ether oxygens (including phenoxy) is 1. The molecule has 0 aromatic heterocycles. The zero-order valence-electron chi connectivity index (χ0n) is 14.3. The molecule has 1 saturated carbocycles. The number of rotatable bonds is 6. The first kappa shape index (κ1) is 16.6. The van der Waals surface area contributed by atoms with E-state index >= 15 is 0 Å². The van der Waals surface area contributed by atoms with Gasteiger partial charge in [-0.2, -0.15) is 0 Å². The van der Waals surface area contributed by atoms with Gasteiger partial charge in [0.05, 0.1) is 5.76 Å². The predicted molar refractivity (Wildman–Crippen MR) is 101 cm³/mol. The summed E-state index contributed by atoms with van der Waals surface area (Å²) in [7, 11) is 0.